The van der Waals surface area contributed by atoms with Crippen molar-refractivity contribution in [2.24, 2.45) is 4.99 Å². The quantitative estimate of drug-likeness (QED) is 0.602. The lowest BCUT2D eigenvalue weighted by Gasteiger charge is -2.10. The minimum atomic E-state index is 0.705. The molecular formula is C14H18N2O. The predicted octanol–water partition coefficient (Wildman–Crippen LogP) is 2.82. The van der Waals surface area contributed by atoms with Gasteiger partial charge in [-0.05, 0) is 43.0 Å². The number of allylic oxidation sites excluding steroid dienone is 1. The fraction of sp³-hybridized carbons (Fsp3) is 0.214. The summed E-state index contributed by atoms with van der Waals surface area (Å²) in [6, 6.07) is 6.01. The molecule has 1 aromatic rings. The van der Waals surface area contributed by atoms with Crippen molar-refractivity contribution >= 4 is 6.72 Å². The first-order valence-corrected chi connectivity index (χ1v) is 5.37. The van der Waals surface area contributed by atoms with Gasteiger partial charge in [-0.25, -0.2) is 0 Å². The maximum Gasteiger partial charge on any atom is 0.119 e. The average Bonchev–Trinajstić information content (AvgIpc) is 2.36. The van der Waals surface area contributed by atoms with Crippen LogP contribution < -0.4 is 10.1 Å². The van der Waals surface area contributed by atoms with Crippen molar-refractivity contribution in [1.29, 1.82) is 0 Å². The Balaban J connectivity index is 2.77. The molecule has 0 spiro atoms. The number of rotatable bonds is 6. The van der Waals surface area contributed by atoms with Gasteiger partial charge >= 0.3 is 0 Å². The van der Waals surface area contributed by atoms with Gasteiger partial charge in [0.1, 0.15) is 5.75 Å². The SMILES string of the molecule is C=C/C(=C\N=C)NCc1cc(OC)ccc1C. The van der Waals surface area contributed by atoms with Crippen LogP contribution in [0.4, 0.5) is 0 Å². The Morgan fingerprint density at radius 3 is 2.88 bits per heavy atom. The number of ether oxygens (including phenoxy) is 1. The molecule has 90 valence electrons. The molecule has 0 aliphatic carbocycles. The Morgan fingerprint density at radius 2 is 2.29 bits per heavy atom. The van der Waals surface area contributed by atoms with E-state index in [1.54, 1.807) is 19.4 Å². The van der Waals surface area contributed by atoms with E-state index in [-0.39, 0.29) is 0 Å². The maximum atomic E-state index is 5.20. The topological polar surface area (TPSA) is 33.6 Å². The Morgan fingerprint density at radius 1 is 1.53 bits per heavy atom. The van der Waals surface area contributed by atoms with Crippen LogP contribution >= 0.6 is 0 Å². The first kappa shape index (κ1) is 13.0. The highest BCUT2D eigenvalue weighted by atomic mass is 16.5. The third-order valence-electron chi connectivity index (χ3n) is 2.49. The molecule has 0 fully saturated rings. The highest BCUT2D eigenvalue weighted by molar-refractivity contribution is 5.35. The van der Waals surface area contributed by atoms with E-state index in [4.69, 9.17) is 4.74 Å². The standard InChI is InChI=1S/C14H18N2O/c1-5-13(10-15-3)16-9-12-8-14(17-4)7-6-11(12)2/h5-8,10,16H,1,3,9H2,2,4H3/b13-10+. The molecule has 0 atom stereocenters. The van der Waals surface area contributed by atoms with E-state index < -0.39 is 0 Å². The molecule has 0 amide bonds. The molecule has 1 N–H and O–H groups in total. The second-order valence-electron chi connectivity index (χ2n) is 3.62. The normalized spacial score (nSPS) is 10.8. The second-order valence-corrected chi connectivity index (χ2v) is 3.62. The monoisotopic (exact) mass is 230 g/mol. The Hall–Kier alpha value is -2.03. The van der Waals surface area contributed by atoms with Gasteiger partial charge in [0.05, 0.1) is 12.8 Å². The van der Waals surface area contributed by atoms with Crippen molar-refractivity contribution in [2.75, 3.05) is 7.11 Å². The van der Waals surface area contributed by atoms with Crippen LogP contribution in [0.15, 0.2) is 47.7 Å². The van der Waals surface area contributed by atoms with E-state index in [9.17, 15) is 0 Å². The van der Waals surface area contributed by atoms with Crippen LogP contribution in [0, 0.1) is 6.92 Å². The van der Waals surface area contributed by atoms with Crippen LogP contribution in [-0.2, 0) is 6.54 Å². The number of nitrogens with one attached hydrogen (secondary N) is 1. The predicted molar refractivity (Wildman–Crippen MR) is 72.4 cm³/mol. The van der Waals surface area contributed by atoms with Gasteiger partial charge in [-0.2, -0.15) is 0 Å². The Kier molecular flexibility index (Phi) is 5.01. The van der Waals surface area contributed by atoms with Crippen molar-refractivity contribution in [2.45, 2.75) is 13.5 Å². The van der Waals surface area contributed by atoms with Gasteiger partial charge < -0.3 is 10.1 Å². The minimum Gasteiger partial charge on any atom is -0.497 e. The fourth-order valence-corrected chi connectivity index (χ4v) is 1.43. The summed E-state index contributed by atoms with van der Waals surface area (Å²) < 4.78 is 5.20. The van der Waals surface area contributed by atoms with E-state index >= 15 is 0 Å². The zero-order valence-electron chi connectivity index (χ0n) is 10.4. The van der Waals surface area contributed by atoms with Gasteiger partial charge in [-0.15, -0.1) is 0 Å². The summed E-state index contributed by atoms with van der Waals surface area (Å²) in [5, 5.41) is 3.23. The van der Waals surface area contributed by atoms with Crippen LogP contribution in [0.1, 0.15) is 11.1 Å². The molecule has 1 rings (SSSR count). The largest absolute Gasteiger partial charge is 0.497 e. The number of methoxy groups -OCH3 is 1. The number of benzene rings is 1. The number of aliphatic imine (C=N–C) groups is 1. The molecule has 0 aliphatic heterocycles. The third kappa shape index (κ3) is 3.79. The van der Waals surface area contributed by atoms with Crippen LogP contribution in [-0.4, -0.2) is 13.8 Å². The van der Waals surface area contributed by atoms with Gasteiger partial charge in [0.15, 0.2) is 0 Å². The molecule has 0 saturated carbocycles. The lowest BCUT2D eigenvalue weighted by atomic mass is 10.1. The van der Waals surface area contributed by atoms with Gasteiger partial charge in [-0.1, -0.05) is 12.6 Å². The molecule has 1 aromatic carbocycles. The van der Waals surface area contributed by atoms with Gasteiger partial charge in [-0.3, -0.25) is 4.99 Å². The van der Waals surface area contributed by atoms with Crippen LogP contribution in [0.5, 0.6) is 5.75 Å². The smallest absolute Gasteiger partial charge is 0.119 e. The molecule has 0 unspecified atom stereocenters. The first-order valence-electron chi connectivity index (χ1n) is 5.37. The average molecular weight is 230 g/mol. The van der Waals surface area contributed by atoms with Crippen LogP contribution in [0.25, 0.3) is 0 Å². The lowest BCUT2D eigenvalue weighted by molar-refractivity contribution is 0.414. The summed E-state index contributed by atoms with van der Waals surface area (Å²) in [6.45, 7) is 9.89. The molecular weight excluding hydrogens is 212 g/mol. The summed E-state index contributed by atoms with van der Waals surface area (Å²) in [4.78, 5) is 3.70. The van der Waals surface area contributed by atoms with Gasteiger partial charge in [0, 0.05) is 12.7 Å². The van der Waals surface area contributed by atoms with E-state index in [2.05, 4.69) is 30.5 Å². The highest BCUT2D eigenvalue weighted by Crippen LogP contribution is 2.17. The molecule has 3 nitrogen and oxygen atoms in total. The van der Waals surface area contributed by atoms with E-state index in [0.29, 0.717) is 6.54 Å². The molecule has 0 aliphatic rings. The van der Waals surface area contributed by atoms with E-state index in [1.807, 2.05) is 18.2 Å². The fourth-order valence-electron chi connectivity index (χ4n) is 1.43. The Labute approximate surface area is 103 Å². The minimum absolute atomic E-state index is 0.705. The summed E-state index contributed by atoms with van der Waals surface area (Å²) in [5.41, 5.74) is 3.25. The zero-order valence-corrected chi connectivity index (χ0v) is 10.4. The van der Waals surface area contributed by atoms with Crippen LogP contribution in [0.2, 0.25) is 0 Å². The highest BCUT2D eigenvalue weighted by Gasteiger charge is 2.01. The van der Waals surface area contributed by atoms with Crippen molar-refractivity contribution in [3.05, 3.63) is 53.9 Å². The molecule has 0 radical (unpaired) electrons. The molecule has 17 heavy (non-hydrogen) atoms. The lowest BCUT2D eigenvalue weighted by Crippen LogP contribution is -2.12. The van der Waals surface area contributed by atoms with Crippen molar-refractivity contribution < 1.29 is 4.74 Å². The maximum absolute atomic E-state index is 5.20. The second kappa shape index (κ2) is 6.53. The summed E-state index contributed by atoms with van der Waals surface area (Å²) in [6.07, 6.45) is 3.35. The van der Waals surface area contributed by atoms with Crippen LogP contribution in [0.3, 0.4) is 0 Å². The van der Waals surface area contributed by atoms with Crippen molar-refractivity contribution in [3.8, 4) is 5.75 Å². The molecule has 0 heterocycles. The molecule has 0 saturated heterocycles. The van der Waals surface area contributed by atoms with E-state index in [1.165, 1.54) is 11.1 Å². The number of aryl methyl sites for hydroxylation is 1. The first-order chi connectivity index (χ1) is 8.21. The van der Waals surface area contributed by atoms with Crippen molar-refractivity contribution in [1.82, 2.24) is 5.32 Å². The third-order valence-corrected chi connectivity index (χ3v) is 2.49. The zero-order chi connectivity index (χ0) is 12.7. The van der Waals surface area contributed by atoms with E-state index in [0.717, 1.165) is 11.4 Å². The van der Waals surface area contributed by atoms with Gasteiger partial charge in [0.25, 0.3) is 0 Å². The summed E-state index contributed by atoms with van der Waals surface area (Å²) >= 11 is 0. The summed E-state index contributed by atoms with van der Waals surface area (Å²) in [5.74, 6) is 0.860. The Bertz CT molecular complexity index is 436. The van der Waals surface area contributed by atoms with Crippen molar-refractivity contribution in [3.63, 3.8) is 0 Å². The van der Waals surface area contributed by atoms with Gasteiger partial charge in [0.2, 0.25) is 0 Å². The molecule has 0 bridgehead atoms. The number of hydrogen-bond donors (Lipinski definition) is 1. The molecule has 3 heteroatoms. The molecule has 0 aromatic heterocycles. The number of hydrogen-bond acceptors (Lipinski definition) is 3. The summed E-state index contributed by atoms with van der Waals surface area (Å²) in [7, 11) is 1.67. The number of nitrogens with zero attached hydrogens (tertiary/aromatic N) is 1.